The van der Waals surface area contributed by atoms with E-state index in [0.29, 0.717) is 5.56 Å². The lowest BCUT2D eigenvalue weighted by atomic mass is 10.1. The van der Waals surface area contributed by atoms with Crippen LogP contribution in [-0.4, -0.2) is 43.4 Å². The second kappa shape index (κ2) is 8.47. The van der Waals surface area contributed by atoms with Gasteiger partial charge < -0.3 is 15.6 Å². The Hall–Kier alpha value is -4.87. The second-order valence-electron chi connectivity index (χ2n) is 6.61. The number of nitrogens with zero attached hydrogens (tertiary/aromatic N) is 6. The summed E-state index contributed by atoms with van der Waals surface area (Å²) in [6.07, 6.45) is 1.19. The Morgan fingerprint density at radius 3 is 2.59 bits per heavy atom. The van der Waals surface area contributed by atoms with Gasteiger partial charge in [0.15, 0.2) is 5.69 Å². The Kier molecular flexibility index (Phi) is 5.40. The fourth-order valence-electron chi connectivity index (χ4n) is 2.90. The molecule has 4 aromatic rings. The summed E-state index contributed by atoms with van der Waals surface area (Å²) in [5.41, 5.74) is 10.1. The van der Waals surface area contributed by atoms with E-state index in [2.05, 4.69) is 35.8 Å². The van der Waals surface area contributed by atoms with Crippen molar-refractivity contribution in [3.8, 4) is 17.1 Å². The van der Waals surface area contributed by atoms with E-state index in [4.69, 9.17) is 5.73 Å². The average Bonchev–Trinajstić information content (AvgIpc) is 3.40. The fourth-order valence-corrected chi connectivity index (χ4v) is 2.90. The predicted octanol–water partition coefficient (Wildman–Crippen LogP) is 0.335. The van der Waals surface area contributed by atoms with Crippen LogP contribution in [0, 0.1) is 6.92 Å². The highest BCUT2D eigenvalue weighted by molar-refractivity contribution is 6.00. The van der Waals surface area contributed by atoms with Crippen molar-refractivity contribution in [3.63, 3.8) is 0 Å². The summed E-state index contributed by atoms with van der Waals surface area (Å²) in [5, 5.41) is 30.2. The van der Waals surface area contributed by atoms with Crippen molar-refractivity contribution in [3.05, 3.63) is 70.9 Å². The number of aryl methyl sites for hydroxylation is 1. The van der Waals surface area contributed by atoms with Crippen LogP contribution in [0.15, 0.2) is 58.3 Å². The van der Waals surface area contributed by atoms with Crippen molar-refractivity contribution < 1.29 is 19.3 Å². The van der Waals surface area contributed by atoms with Gasteiger partial charge in [0, 0.05) is 16.7 Å². The van der Waals surface area contributed by atoms with E-state index in [0.717, 1.165) is 5.56 Å². The van der Waals surface area contributed by atoms with E-state index in [1.54, 1.807) is 24.3 Å². The highest BCUT2D eigenvalue weighted by Gasteiger charge is 2.25. The molecule has 4 rings (SSSR count). The van der Waals surface area contributed by atoms with E-state index < -0.39 is 11.9 Å². The number of carboxylic acid groups (broad SMARTS) is 1. The molecule has 160 valence electrons. The van der Waals surface area contributed by atoms with Crippen molar-refractivity contribution in [2.75, 3.05) is 5.73 Å². The third-order valence-corrected chi connectivity index (χ3v) is 4.46. The van der Waals surface area contributed by atoms with Crippen LogP contribution in [0.3, 0.4) is 0 Å². The quantitative estimate of drug-likeness (QED) is 0.322. The maximum absolute atomic E-state index is 12.8. The van der Waals surface area contributed by atoms with Gasteiger partial charge in [-0.1, -0.05) is 59.3 Å². The van der Waals surface area contributed by atoms with Crippen LogP contribution in [0.25, 0.3) is 17.1 Å². The number of aromatic carboxylic acids is 1. The van der Waals surface area contributed by atoms with E-state index in [1.165, 1.54) is 23.0 Å². The normalized spacial score (nSPS) is 11.0. The number of carbonyl (C=O) groups excluding carboxylic acids is 2. The number of rotatable bonds is 6. The number of anilines is 1. The zero-order valence-electron chi connectivity index (χ0n) is 16.6. The smallest absolute Gasteiger partial charge is 0.294 e. The van der Waals surface area contributed by atoms with Crippen molar-refractivity contribution in [2.45, 2.75) is 6.92 Å². The topological polar surface area (TPSA) is 177 Å². The van der Waals surface area contributed by atoms with Gasteiger partial charge >= 0.3 is 0 Å². The molecular formula is C20H15N8O4-. The van der Waals surface area contributed by atoms with Crippen LogP contribution in [0.1, 0.15) is 32.0 Å². The number of nitrogens with two attached hydrogens (primary N) is 1. The molecule has 0 aliphatic rings. The maximum atomic E-state index is 12.8. The lowest BCUT2D eigenvalue weighted by Gasteiger charge is -2.07. The Morgan fingerprint density at radius 2 is 1.91 bits per heavy atom. The molecule has 12 nitrogen and oxygen atoms in total. The van der Waals surface area contributed by atoms with Crippen LogP contribution in [0.5, 0.6) is 0 Å². The molecule has 2 aromatic heterocycles. The zero-order valence-corrected chi connectivity index (χ0v) is 16.6. The molecule has 0 atom stereocenters. The van der Waals surface area contributed by atoms with Crippen molar-refractivity contribution in [1.29, 1.82) is 0 Å². The first-order valence-electron chi connectivity index (χ1n) is 9.20. The molecule has 0 unspecified atom stereocenters. The number of nitrogens with one attached hydrogen (secondary N) is 1. The highest BCUT2D eigenvalue weighted by atomic mass is 16.6. The minimum Gasteiger partial charge on any atom is -0.545 e. The summed E-state index contributed by atoms with van der Waals surface area (Å²) in [5.74, 6) is -2.02. The van der Waals surface area contributed by atoms with Crippen LogP contribution in [-0.2, 0) is 0 Å². The lowest BCUT2D eigenvalue weighted by Crippen LogP contribution is -2.24. The van der Waals surface area contributed by atoms with Gasteiger partial charge in [0.05, 0.1) is 12.2 Å². The van der Waals surface area contributed by atoms with Crippen LogP contribution in [0.4, 0.5) is 5.82 Å². The zero-order chi connectivity index (χ0) is 22.7. The second-order valence-corrected chi connectivity index (χ2v) is 6.61. The number of carbonyl (C=O) groups is 2. The van der Waals surface area contributed by atoms with Crippen LogP contribution < -0.4 is 16.3 Å². The molecule has 0 aliphatic carbocycles. The van der Waals surface area contributed by atoms with Gasteiger partial charge in [-0.3, -0.25) is 4.79 Å². The molecule has 0 aliphatic heterocycles. The van der Waals surface area contributed by atoms with Crippen molar-refractivity contribution >= 4 is 23.9 Å². The summed E-state index contributed by atoms with van der Waals surface area (Å²) < 4.78 is 5.87. The van der Waals surface area contributed by atoms with Gasteiger partial charge in [-0.15, -0.1) is 5.10 Å². The fraction of sp³-hybridized carbons (Fsp3) is 0.0500. The SMILES string of the molecule is Cc1ccc(-c2c(C(=O)N/N=C\c3ccccc3C(=O)[O-])nnn2-c2nonc2N)cc1. The van der Waals surface area contributed by atoms with E-state index in [1.807, 2.05) is 19.1 Å². The minimum absolute atomic E-state index is 0.0351. The highest BCUT2D eigenvalue weighted by Crippen LogP contribution is 2.26. The first-order valence-corrected chi connectivity index (χ1v) is 9.20. The van der Waals surface area contributed by atoms with Crippen molar-refractivity contribution in [2.24, 2.45) is 5.10 Å². The average molecular weight is 431 g/mol. The first-order chi connectivity index (χ1) is 15.5. The lowest BCUT2D eigenvalue weighted by molar-refractivity contribution is -0.255. The predicted molar refractivity (Wildman–Crippen MR) is 110 cm³/mol. The standard InChI is InChI=1S/C20H16N8O4/c1-11-6-8-12(9-7-11)16-15(23-27-28(16)18-17(21)25-32-26-18)19(29)24-22-10-13-4-2-3-5-14(13)20(30)31/h2-10H,1H3,(H2,21,25)(H,24,29)(H,30,31)/p-1/b22-10-. The van der Waals surface area contributed by atoms with Gasteiger partial charge in [-0.2, -0.15) is 9.78 Å². The molecule has 3 N–H and O–H groups in total. The molecule has 0 radical (unpaired) electrons. The number of benzene rings is 2. The summed E-state index contributed by atoms with van der Waals surface area (Å²) in [7, 11) is 0. The van der Waals surface area contributed by atoms with Crippen LogP contribution in [0.2, 0.25) is 0 Å². The Bertz CT molecular complexity index is 1320. The largest absolute Gasteiger partial charge is 0.545 e. The van der Waals surface area contributed by atoms with Gasteiger partial charge in [0.2, 0.25) is 11.6 Å². The molecule has 2 aromatic carbocycles. The molecule has 0 bridgehead atoms. The summed E-state index contributed by atoms with van der Waals surface area (Å²) in [4.78, 5) is 24.0. The molecule has 2 heterocycles. The number of aromatic nitrogens is 5. The van der Waals surface area contributed by atoms with Gasteiger partial charge in [0.25, 0.3) is 5.91 Å². The van der Waals surface area contributed by atoms with Gasteiger partial charge in [-0.05, 0) is 17.2 Å². The molecule has 1 amide bonds. The summed E-state index contributed by atoms with van der Waals surface area (Å²) in [6, 6.07) is 13.4. The van der Waals surface area contributed by atoms with E-state index in [9.17, 15) is 14.7 Å². The number of hydrazone groups is 1. The molecular weight excluding hydrogens is 416 g/mol. The number of hydrogen-bond acceptors (Lipinski definition) is 10. The third kappa shape index (κ3) is 3.92. The van der Waals surface area contributed by atoms with Gasteiger partial charge in [0.1, 0.15) is 5.69 Å². The summed E-state index contributed by atoms with van der Waals surface area (Å²) >= 11 is 0. The first kappa shape index (κ1) is 20.4. The van der Waals surface area contributed by atoms with Crippen LogP contribution >= 0.6 is 0 Å². The van der Waals surface area contributed by atoms with E-state index in [-0.39, 0.29) is 34.2 Å². The molecule has 0 saturated carbocycles. The number of nitrogen functional groups attached to an aromatic ring is 1. The third-order valence-electron chi connectivity index (χ3n) is 4.46. The number of amides is 1. The number of hydrogen-bond donors (Lipinski definition) is 2. The maximum Gasteiger partial charge on any atom is 0.294 e. The van der Waals surface area contributed by atoms with Crippen molar-refractivity contribution in [1.82, 2.24) is 30.7 Å². The Balaban J connectivity index is 1.68. The molecule has 12 heteroatoms. The molecule has 0 spiro atoms. The monoisotopic (exact) mass is 431 g/mol. The Morgan fingerprint density at radius 1 is 1.16 bits per heavy atom. The number of carboxylic acids is 1. The molecule has 0 saturated heterocycles. The Labute approximate surface area is 180 Å². The molecule has 32 heavy (non-hydrogen) atoms. The summed E-state index contributed by atoms with van der Waals surface area (Å²) in [6.45, 7) is 1.92. The molecule has 0 fully saturated rings. The van der Waals surface area contributed by atoms with E-state index >= 15 is 0 Å². The van der Waals surface area contributed by atoms with Gasteiger partial charge in [-0.25, -0.2) is 10.1 Å². The minimum atomic E-state index is -1.36.